The van der Waals surface area contributed by atoms with Gasteiger partial charge in [0.1, 0.15) is 0 Å². The zero-order valence-electron chi connectivity index (χ0n) is 7.75. The van der Waals surface area contributed by atoms with Crippen LogP contribution in [0.4, 0.5) is 0 Å². The molecule has 0 spiro atoms. The fourth-order valence-electron chi connectivity index (χ4n) is 0.777. The summed E-state index contributed by atoms with van der Waals surface area (Å²) >= 11 is 5.60. The minimum atomic E-state index is -0.827. The molecule has 1 aromatic carbocycles. The van der Waals surface area contributed by atoms with Crippen molar-refractivity contribution in [3.63, 3.8) is 0 Å². The molecule has 0 aliphatic heterocycles. The summed E-state index contributed by atoms with van der Waals surface area (Å²) in [6, 6.07) is 6.77. The predicted molar refractivity (Wildman–Crippen MR) is 49.2 cm³/mol. The Bertz CT molecular complexity index is 259. The molecule has 0 saturated carbocycles. The van der Waals surface area contributed by atoms with Gasteiger partial charge in [0, 0.05) is 5.02 Å². The molecular formula is C9H10ClLiO2. The van der Waals surface area contributed by atoms with Crippen LogP contribution in [0.2, 0.25) is 5.02 Å². The maximum Gasteiger partial charge on any atom is 1.00 e. The maximum atomic E-state index is 10.2. The van der Waals surface area contributed by atoms with Crippen molar-refractivity contribution in [2.24, 2.45) is 0 Å². The van der Waals surface area contributed by atoms with Crippen molar-refractivity contribution in [2.45, 2.75) is 6.42 Å². The average molecular weight is 193 g/mol. The van der Waals surface area contributed by atoms with E-state index < -0.39 is 5.97 Å². The largest absolute Gasteiger partial charge is 1.00 e. The summed E-state index contributed by atoms with van der Waals surface area (Å²) in [6.45, 7) is 0. The molecule has 1 aromatic rings. The van der Waals surface area contributed by atoms with E-state index >= 15 is 0 Å². The van der Waals surface area contributed by atoms with Gasteiger partial charge in [-0.2, -0.15) is 0 Å². The third-order valence-electron chi connectivity index (χ3n) is 1.27. The number of halogens is 1. The number of rotatable bonds is 2. The Morgan fingerprint density at radius 2 is 1.77 bits per heavy atom. The number of carboxylic acid groups (broad SMARTS) is 1. The molecule has 0 atom stereocenters. The van der Waals surface area contributed by atoms with E-state index in [-0.39, 0.29) is 32.7 Å². The smallest absolute Gasteiger partial charge is 0.481 e. The quantitative estimate of drug-likeness (QED) is 0.503. The van der Waals surface area contributed by atoms with Crippen molar-refractivity contribution in [3.05, 3.63) is 42.3 Å². The Labute approximate surface area is 95.1 Å². The van der Waals surface area contributed by atoms with Gasteiger partial charge >= 0.3 is 24.8 Å². The van der Waals surface area contributed by atoms with Crippen LogP contribution in [0.15, 0.2) is 24.3 Å². The van der Waals surface area contributed by atoms with Gasteiger partial charge in [-0.1, -0.05) is 23.7 Å². The number of carboxylic acids is 1. The average Bonchev–Trinajstić information content (AvgIpc) is 1.93. The summed E-state index contributed by atoms with van der Waals surface area (Å²) in [6.07, 6.45) is 0.0527. The zero-order chi connectivity index (χ0) is 8.27. The van der Waals surface area contributed by atoms with Crippen molar-refractivity contribution in [1.82, 2.24) is 0 Å². The van der Waals surface area contributed by atoms with Gasteiger partial charge in [-0.05, 0) is 17.7 Å². The van der Waals surface area contributed by atoms with Gasteiger partial charge in [0.05, 0.1) is 6.42 Å². The van der Waals surface area contributed by atoms with Crippen LogP contribution >= 0.6 is 11.6 Å². The molecule has 0 aliphatic rings. The number of carbonyl (C=O) groups is 1. The molecule has 0 unspecified atom stereocenters. The van der Waals surface area contributed by atoms with E-state index in [9.17, 15) is 4.79 Å². The van der Waals surface area contributed by atoms with E-state index in [0.717, 1.165) is 5.56 Å². The molecule has 0 amide bonds. The molecule has 0 bridgehead atoms. The molecule has 0 saturated heterocycles. The fraction of sp³-hybridized carbons (Fsp3) is 0.111. The Morgan fingerprint density at radius 1 is 1.31 bits per heavy atom. The maximum absolute atomic E-state index is 10.2. The third kappa shape index (κ3) is 5.76. The van der Waals surface area contributed by atoms with Crippen molar-refractivity contribution >= 4 is 17.6 Å². The van der Waals surface area contributed by atoms with Crippen LogP contribution in [0.25, 0.3) is 0 Å². The van der Waals surface area contributed by atoms with Crippen molar-refractivity contribution in [1.29, 1.82) is 0 Å². The van der Waals surface area contributed by atoms with Crippen LogP contribution < -0.4 is 18.9 Å². The van der Waals surface area contributed by atoms with E-state index in [4.69, 9.17) is 16.7 Å². The van der Waals surface area contributed by atoms with Crippen LogP contribution in [0.1, 0.15) is 5.56 Å². The predicted octanol–water partition coefficient (Wildman–Crippen LogP) is -0.579. The Balaban J connectivity index is 0. The molecule has 2 nitrogen and oxygen atoms in total. The molecule has 0 radical (unpaired) electrons. The van der Waals surface area contributed by atoms with Crippen LogP contribution in [-0.4, -0.2) is 11.1 Å². The van der Waals surface area contributed by atoms with Crippen molar-refractivity contribution < 1.29 is 28.8 Å². The molecule has 1 N–H and O–H groups in total. The molecule has 0 aliphatic carbocycles. The first-order chi connectivity index (χ1) is 5.18. The second-order valence-corrected chi connectivity index (χ2v) is 2.63. The Morgan fingerprint density at radius 3 is 2.15 bits per heavy atom. The Kier molecular flexibility index (Phi) is 8.14. The summed E-state index contributed by atoms with van der Waals surface area (Å²) in [5.41, 5.74) is 0.766. The van der Waals surface area contributed by atoms with Gasteiger partial charge in [0.2, 0.25) is 0 Å². The number of hydrogen-bond donors (Lipinski definition) is 1. The molecular weight excluding hydrogens is 182 g/mol. The standard InChI is InChI=1S/C8H7ClO2.CH3.Li/c9-7-3-1-6(2-4-7)5-8(10)11;;/h1-4H,5H2,(H,10,11);1H3;/q;-1;+1. The minimum absolute atomic E-state index is 0. The zero-order valence-corrected chi connectivity index (χ0v) is 8.51. The summed E-state index contributed by atoms with van der Waals surface area (Å²) in [4.78, 5) is 10.2. The fourth-order valence-corrected chi connectivity index (χ4v) is 0.903. The van der Waals surface area contributed by atoms with Gasteiger partial charge in [-0.3, -0.25) is 4.79 Å². The summed E-state index contributed by atoms with van der Waals surface area (Å²) in [7, 11) is 0. The first-order valence-corrected chi connectivity index (χ1v) is 3.52. The first-order valence-electron chi connectivity index (χ1n) is 3.15. The molecule has 1 rings (SSSR count). The second kappa shape index (κ2) is 7.03. The van der Waals surface area contributed by atoms with Gasteiger partial charge in [0.25, 0.3) is 0 Å². The molecule has 0 fully saturated rings. The SMILES string of the molecule is O=C(O)Cc1ccc(Cl)cc1.[CH3-].[Li+]. The van der Waals surface area contributed by atoms with Crippen molar-refractivity contribution in [3.8, 4) is 0 Å². The van der Waals surface area contributed by atoms with E-state index in [1.807, 2.05) is 0 Å². The molecule has 0 aromatic heterocycles. The summed E-state index contributed by atoms with van der Waals surface area (Å²) < 4.78 is 0. The van der Waals surface area contributed by atoms with Gasteiger partial charge in [0.15, 0.2) is 0 Å². The minimum Gasteiger partial charge on any atom is -0.481 e. The number of benzene rings is 1. The van der Waals surface area contributed by atoms with E-state index in [1.54, 1.807) is 24.3 Å². The molecule has 4 heteroatoms. The summed E-state index contributed by atoms with van der Waals surface area (Å²) in [5, 5.41) is 9.03. The number of hydrogen-bond acceptors (Lipinski definition) is 1. The third-order valence-corrected chi connectivity index (χ3v) is 1.52. The molecule has 66 valence electrons. The van der Waals surface area contributed by atoms with Crippen LogP contribution in [0.3, 0.4) is 0 Å². The van der Waals surface area contributed by atoms with E-state index in [1.165, 1.54) is 0 Å². The van der Waals surface area contributed by atoms with Crippen molar-refractivity contribution in [2.75, 3.05) is 0 Å². The van der Waals surface area contributed by atoms with Gasteiger partial charge in [-0.15, -0.1) is 0 Å². The normalized spacial score (nSPS) is 8.08. The summed E-state index contributed by atoms with van der Waals surface area (Å²) in [5.74, 6) is -0.827. The van der Waals surface area contributed by atoms with Gasteiger partial charge in [-0.25, -0.2) is 0 Å². The number of aliphatic carboxylic acids is 1. The van der Waals surface area contributed by atoms with Crippen LogP contribution in [-0.2, 0) is 11.2 Å². The van der Waals surface area contributed by atoms with Crippen LogP contribution in [0.5, 0.6) is 0 Å². The van der Waals surface area contributed by atoms with Crippen LogP contribution in [0, 0.1) is 7.43 Å². The van der Waals surface area contributed by atoms with E-state index in [2.05, 4.69) is 0 Å². The Hall–Kier alpha value is -0.423. The first kappa shape index (κ1) is 15.1. The molecule has 13 heavy (non-hydrogen) atoms. The monoisotopic (exact) mass is 192 g/mol. The van der Waals surface area contributed by atoms with E-state index in [0.29, 0.717) is 5.02 Å². The second-order valence-electron chi connectivity index (χ2n) is 2.20. The molecule has 0 heterocycles. The topological polar surface area (TPSA) is 37.3 Å². The van der Waals surface area contributed by atoms with Gasteiger partial charge < -0.3 is 12.5 Å².